The van der Waals surface area contributed by atoms with E-state index in [1.165, 1.54) is 6.33 Å². The van der Waals surface area contributed by atoms with E-state index in [0.717, 1.165) is 13.0 Å². The summed E-state index contributed by atoms with van der Waals surface area (Å²) in [5.74, 6) is 1.65. The van der Waals surface area contributed by atoms with E-state index in [1.807, 2.05) is 6.92 Å². The molecular weight excluding hydrogens is 204 g/mol. The average molecular weight is 224 g/mol. The van der Waals surface area contributed by atoms with Crippen molar-refractivity contribution < 1.29 is 4.74 Å². The fourth-order valence-electron chi connectivity index (χ4n) is 1.13. The SMILES string of the molecule is CCCOc1ncnc(NCC(C)C)c1N. The number of nitrogens with zero attached hydrogens (tertiary/aromatic N) is 2. The quantitative estimate of drug-likeness (QED) is 0.772. The summed E-state index contributed by atoms with van der Waals surface area (Å²) in [5.41, 5.74) is 6.38. The molecule has 0 aliphatic carbocycles. The van der Waals surface area contributed by atoms with E-state index >= 15 is 0 Å². The molecule has 0 fully saturated rings. The van der Waals surface area contributed by atoms with Gasteiger partial charge in [0.2, 0.25) is 5.88 Å². The van der Waals surface area contributed by atoms with Crippen LogP contribution in [0.25, 0.3) is 0 Å². The molecule has 0 bridgehead atoms. The number of hydrogen-bond donors (Lipinski definition) is 2. The highest BCUT2D eigenvalue weighted by molar-refractivity contribution is 5.66. The molecule has 1 rings (SSSR count). The molecule has 16 heavy (non-hydrogen) atoms. The smallest absolute Gasteiger partial charge is 0.242 e. The van der Waals surface area contributed by atoms with Crippen LogP contribution in [0.2, 0.25) is 0 Å². The Morgan fingerprint density at radius 1 is 1.44 bits per heavy atom. The molecule has 1 heterocycles. The Hall–Kier alpha value is -1.52. The third kappa shape index (κ3) is 3.56. The van der Waals surface area contributed by atoms with Crippen molar-refractivity contribution in [3.05, 3.63) is 6.33 Å². The molecule has 5 nitrogen and oxygen atoms in total. The van der Waals surface area contributed by atoms with Crippen LogP contribution in [0.15, 0.2) is 6.33 Å². The molecule has 5 heteroatoms. The van der Waals surface area contributed by atoms with E-state index in [-0.39, 0.29) is 0 Å². The molecule has 0 saturated carbocycles. The zero-order chi connectivity index (χ0) is 12.0. The number of hydrogen-bond acceptors (Lipinski definition) is 5. The van der Waals surface area contributed by atoms with Gasteiger partial charge < -0.3 is 15.8 Å². The molecule has 0 aliphatic heterocycles. The minimum absolute atomic E-state index is 0.461. The Morgan fingerprint density at radius 3 is 2.81 bits per heavy atom. The molecule has 0 atom stereocenters. The van der Waals surface area contributed by atoms with Crippen molar-refractivity contribution in [1.82, 2.24) is 9.97 Å². The average Bonchev–Trinajstić information content (AvgIpc) is 2.26. The number of nitrogen functional groups attached to an aromatic ring is 1. The van der Waals surface area contributed by atoms with Crippen molar-refractivity contribution in [1.29, 1.82) is 0 Å². The third-order valence-electron chi connectivity index (χ3n) is 1.97. The van der Waals surface area contributed by atoms with Crippen LogP contribution < -0.4 is 15.8 Å². The van der Waals surface area contributed by atoms with E-state index in [2.05, 4.69) is 29.1 Å². The second kappa shape index (κ2) is 6.15. The van der Waals surface area contributed by atoms with Gasteiger partial charge in [-0.3, -0.25) is 0 Å². The molecule has 0 radical (unpaired) electrons. The zero-order valence-electron chi connectivity index (χ0n) is 10.2. The van der Waals surface area contributed by atoms with Gasteiger partial charge in [-0.1, -0.05) is 20.8 Å². The number of rotatable bonds is 6. The van der Waals surface area contributed by atoms with Gasteiger partial charge in [0.15, 0.2) is 5.82 Å². The molecule has 1 aromatic rings. The molecule has 0 amide bonds. The van der Waals surface area contributed by atoms with E-state index in [0.29, 0.717) is 29.9 Å². The van der Waals surface area contributed by atoms with Gasteiger partial charge in [-0.25, -0.2) is 4.98 Å². The van der Waals surface area contributed by atoms with E-state index < -0.39 is 0 Å². The fraction of sp³-hybridized carbons (Fsp3) is 0.636. The number of anilines is 2. The maximum atomic E-state index is 5.90. The standard InChI is InChI=1S/C11H20N4O/c1-4-5-16-11-9(12)10(14-7-15-11)13-6-8(2)3/h7-8H,4-6,12H2,1-3H3,(H,13,14,15). The Balaban J connectivity index is 2.70. The van der Waals surface area contributed by atoms with Gasteiger partial charge >= 0.3 is 0 Å². The lowest BCUT2D eigenvalue weighted by Crippen LogP contribution is -2.12. The van der Waals surface area contributed by atoms with Gasteiger partial charge in [-0.2, -0.15) is 4.98 Å². The highest BCUT2D eigenvalue weighted by atomic mass is 16.5. The van der Waals surface area contributed by atoms with E-state index in [4.69, 9.17) is 10.5 Å². The molecule has 0 aliphatic rings. The van der Waals surface area contributed by atoms with Crippen molar-refractivity contribution in [2.45, 2.75) is 27.2 Å². The van der Waals surface area contributed by atoms with Crippen molar-refractivity contribution >= 4 is 11.5 Å². The molecule has 90 valence electrons. The van der Waals surface area contributed by atoms with Gasteiger partial charge in [-0.15, -0.1) is 0 Å². The maximum Gasteiger partial charge on any atom is 0.242 e. The van der Waals surface area contributed by atoms with Crippen LogP contribution in [0, 0.1) is 5.92 Å². The molecule has 0 saturated heterocycles. The minimum atomic E-state index is 0.461. The normalized spacial score (nSPS) is 10.5. The summed E-state index contributed by atoms with van der Waals surface area (Å²) < 4.78 is 5.42. The zero-order valence-corrected chi connectivity index (χ0v) is 10.2. The molecule has 0 unspecified atom stereocenters. The van der Waals surface area contributed by atoms with Crippen molar-refractivity contribution in [3.8, 4) is 5.88 Å². The summed E-state index contributed by atoms with van der Waals surface area (Å²) in [6.07, 6.45) is 2.39. The molecular formula is C11H20N4O. The lowest BCUT2D eigenvalue weighted by molar-refractivity contribution is 0.306. The lowest BCUT2D eigenvalue weighted by atomic mass is 10.2. The number of aromatic nitrogens is 2. The number of nitrogens with two attached hydrogens (primary N) is 1. The van der Waals surface area contributed by atoms with Crippen LogP contribution in [-0.4, -0.2) is 23.1 Å². The second-order valence-corrected chi connectivity index (χ2v) is 4.06. The summed E-state index contributed by atoms with van der Waals surface area (Å²) >= 11 is 0. The molecule has 1 aromatic heterocycles. The lowest BCUT2D eigenvalue weighted by Gasteiger charge is -2.12. The summed E-state index contributed by atoms with van der Waals surface area (Å²) in [7, 11) is 0. The molecule has 3 N–H and O–H groups in total. The predicted molar refractivity (Wildman–Crippen MR) is 65.6 cm³/mol. The molecule has 0 aromatic carbocycles. The summed E-state index contributed by atoms with van der Waals surface area (Å²) in [6, 6.07) is 0. The van der Waals surface area contributed by atoms with Gasteiger partial charge in [0.1, 0.15) is 12.0 Å². The summed E-state index contributed by atoms with van der Waals surface area (Å²) in [4.78, 5) is 8.10. The number of ether oxygens (including phenoxy) is 1. The van der Waals surface area contributed by atoms with Gasteiger partial charge in [-0.05, 0) is 12.3 Å². The Labute approximate surface area is 96.4 Å². The van der Waals surface area contributed by atoms with Gasteiger partial charge in [0.25, 0.3) is 0 Å². The van der Waals surface area contributed by atoms with Crippen molar-refractivity contribution in [2.24, 2.45) is 5.92 Å². The Morgan fingerprint density at radius 2 is 2.19 bits per heavy atom. The van der Waals surface area contributed by atoms with Crippen LogP contribution in [0.5, 0.6) is 5.88 Å². The first-order chi connectivity index (χ1) is 7.65. The summed E-state index contributed by atoms with van der Waals surface area (Å²) in [5, 5.41) is 3.17. The van der Waals surface area contributed by atoms with Crippen LogP contribution in [-0.2, 0) is 0 Å². The maximum absolute atomic E-state index is 5.90. The highest BCUT2D eigenvalue weighted by Gasteiger charge is 2.08. The van der Waals surface area contributed by atoms with Crippen LogP contribution in [0.1, 0.15) is 27.2 Å². The van der Waals surface area contributed by atoms with Crippen LogP contribution in [0.3, 0.4) is 0 Å². The van der Waals surface area contributed by atoms with Crippen molar-refractivity contribution in [2.75, 3.05) is 24.2 Å². The Kier molecular flexibility index (Phi) is 4.82. The first kappa shape index (κ1) is 12.5. The Bertz CT molecular complexity index is 328. The van der Waals surface area contributed by atoms with E-state index in [1.54, 1.807) is 0 Å². The topological polar surface area (TPSA) is 73.1 Å². The predicted octanol–water partition coefficient (Wildman–Crippen LogP) is 1.92. The second-order valence-electron chi connectivity index (χ2n) is 4.06. The minimum Gasteiger partial charge on any atom is -0.476 e. The van der Waals surface area contributed by atoms with Crippen LogP contribution in [0.4, 0.5) is 11.5 Å². The monoisotopic (exact) mass is 224 g/mol. The third-order valence-corrected chi connectivity index (χ3v) is 1.97. The summed E-state index contributed by atoms with van der Waals surface area (Å²) in [6.45, 7) is 7.73. The first-order valence-electron chi connectivity index (χ1n) is 5.62. The highest BCUT2D eigenvalue weighted by Crippen LogP contribution is 2.24. The molecule has 0 spiro atoms. The van der Waals surface area contributed by atoms with Gasteiger partial charge in [0.05, 0.1) is 6.61 Å². The van der Waals surface area contributed by atoms with E-state index in [9.17, 15) is 0 Å². The van der Waals surface area contributed by atoms with Crippen molar-refractivity contribution in [3.63, 3.8) is 0 Å². The van der Waals surface area contributed by atoms with Gasteiger partial charge in [0, 0.05) is 6.54 Å². The fourth-order valence-corrected chi connectivity index (χ4v) is 1.13. The number of nitrogens with one attached hydrogen (secondary N) is 1. The van der Waals surface area contributed by atoms with Crippen LogP contribution >= 0.6 is 0 Å². The first-order valence-corrected chi connectivity index (χ1v) is 5.62. The largest absolute Gasteiger partial charge is 0.476 e.